The maximum Gasteiger partial charge on any atom is 0.321 e. The standard InChI is InChI=1S/C40H26N5OP/c46-47(44-35-21-9-3-15-29(35)30-16-4-10-22-36(30)44,45-37-23-11-5-17-31(37)32-18-6-12-24-38(32)45)40-26-25-39(41-42-40)43-33-19-7-1-13-27(33)28-14-2-8-20-34(28)43/h1-26H. The molecule has 0 atom stereocenters. The highest BCUT2D eigenvalue weighted by molar-refractivity contribution is 7.69. The molecule has 10 aromatic rings. The lowest BCUT2D eigenvalue weighted by atomic mass is 10.2. The Labute approximate surface area is 269 Å². The summed E-state index contributed by atoms with van der Waals surface area (Å²) in [6.45, 7) is 0. The van der Waals surface area contributed by atoms with Crippen LogP contribution >= 0.6 is 7.44 Å². The normalized spacial score (nSPS) is 12.3. The average Bonchev–Trinajstić information content (AvgIpc) is 3.78. The zero-order valence-corrected chi connectivity index (χ0v) is 26.0. The van der Waals surface area contributed by atoms with Crippen LogP contribution in [0.3, 0.4) is 0 Å². The van der Waals surface area contributed by atoms with Crippen molar-refractivity contribution in [2.24, 2.45) is 0 Å². The summed E-state index contributed by atoms with van der Waals surface area (Å²) in [6.07, 6.45) is 0. The van der Waals surface area contributed by atoms with E-state index in [1.165, 1.54) is 0 Å². The summed E-state index contributed by atoms with van der Waals surface area (Å²) < 4.78 is 22.8. The van der Waals surface area contributed by atoms with Gasteiger partial charge in [-0.3, -0.25) is 17.8 Å². The van der Waals surface area contributed by atoms with Crippen molar-refractivity contribution in [1.29, 1.82) is 0 Å². The van der Waals surface area contributed by atoms with Gasteiger partial charge in [0.2, 0.25) is 0 Å². The number of rotatable bonds is 4. The van der Waals surface area contributed by atoms with Crippen molar-refractivity contribution >= 4 is 78.3 Å². The molecule has 0 aliphatic rings. The lowest BCUT2D eigenvalue weighted by Crippen LogP contribution is -2.22. The van der Waals surface area contributed by atoms with Crippen molar-refractivity contribution in [3.63, 3.8) is 0 Å². The van der Waals surface area contributed by atoms with Crippen LogP contribution in [0, 0.1) is 0 Å². The smallest absolute Gasteiger partial charge is 0.292 e. The molecule has 0 fully saturated rings. The van der Waals surface area contributed by atoms with Gasteiger partial charge >= 0.3 is 7.44 Å². The number of aromatic nitrogens is 5. The molecule has 4 heterocycles. The van der Waals surface area contributed by atoms with E-state index in [-0.39, 0.29) is 0 Å². The fraction of sp³-hybridized carbons (Fsp3) is 0. The van der Waals surface area contributed by atoms with Gasteiger partial charge in [0.25, 0.3) is 0 Å². The molecular weight excluding hydrogens is 597 g/mol. The molecule has 0 saturated carbocycles. The molecule has 0 unspecified atom stereocenters. The minimum absolute atomic E-state index is 0.403. The molecule has 4 aromatic heterocycles. The third-order valence-corrected chi connectivity index (χ3v) is 12.2. The largest absolute Gasteiger partial charge is 0.321 e. The average molecular weight is 624 g/mol. The molecule has 0 radical (unpaired) electrons. The molecular formula is C40H26N5OP. The van der Waals surface area contributed by atoms with Crippen molar-refractivity contribution < 1.29 is 4.57 Å². The van der Waals surface area contributed by atoms with Crippen LogP contribution in [-0.4, -0.2) is 23.4 Å². The number of nitrogens with zero attached hydrogens (tertiary/aromatic N) is 5. The van der Waals surface area contributed by atoms with Crippen molar-refractivity contribution in [2.75, 3.05) is 0 Å². The van der Waals surface area contributed by atoms with Gasteiger partial charge in [0, 0.05) is 32.3 Å². The number of fused-ring (bicyclic) bond motifs is 9. The first-order chi connectivity index (χ1) is 23.2. The van der Waals surface area contributed by atoms with Crippen molar-refractivity contribution in [3.8, 4) is 5.82 Å². The van der Waals surface area contributed by atoms with Crippen LogP contribution in [0.5, 0.6) is 0 Å². The van der Waals surface area contributed by atoms with Crippen LogP contribution in [0.15, 0.2) is 158 Å². The van der Waals surface area contributed by atoms with Gasteiger partial charge in [-0.15, -0.1) is 10.2 Å². The Balaban J connectivity index is 1.32. The van der Waals surface area contributed by atoms with Gasteiger partial charge in [-0.05, 0) is 48.5 Å². The van der Waals surface area contributed by atoms with Gasteiger partial charge in [0.05, 0.1) is 33.1 Å². The molecule has 0 saturated heterocycles. The number of hydrogen-bond acceptors (Lipinski definition) is 3. The lowest BCUT2D eigenvalue weighted by Gasteiger charge is -2.24. The first-order valence-corrected chi connectivity index (χ1v) is 17.3. The summed E-state index contributed by atoms with van der Waals surface area (Å²) in [6, 6.07) is 53.3. The summed E-state index contributed by atoms with van der Waals surface area (Å²) >= 11 is 0. The van der Waals surface area contributed by atoms with Gasteiger partial charge in [-0.1, -0.05) is 109 Å². The molecule has 222 valence electrons. The molecule has 47 heavy (non-hydrogen) atoms. The van der Waals surface area contributed by atoms with E-state index in [2.05, 4.69) is 89.5 Å². The first-order valence-electron chi connectivity index (χ1n) is 15.6. The van der Waals surface area contributed by atoms with Gasteiger partial charge in [-0.2, -0.15) is 0 Å². The van der Waals surface area contributed by atoms with Crippen molar-refractivity contribution in [2.45, 2.75) is 0 Å². The quantitative estimate of drug-likeness (QED) is 0.184. The van der Waals surface area contributed by atoms with E-state index in [9.17, 15) is 0 Å². The summed E-state index contributed by atoms with van der Waals surface area (Å²) in [7, 11) is -3.81. The summed E-state index contributed by atoms with van der Waals surface area (Å²) in [5.74, 6) is 0.669. The van der Waals surface area contributed by atoms with Crippen LogP contribution in [0.25, 0.3) is 71.2 Å². The highest BCUT2D eigenvalue weighted by atomic mass is 31.2. The number of hydrogen-bond donors (Lipinski definition) is 0. The fourth-order valence-corrected chi connectivity index (χ4v) is 10.3. The molecule has 0 N–H and O–H groups in total. The zero-order chi connectivity index (χ0) is 31.1. The topological polar surface area (TPSA) is 57.6 Å². The molecule has 6 nitrogen and oxygen atoms in total. The van der Waals surface area contributed by atoms with E-state index in [0.29, 0.717) is 11.3 Å². The van der Waals surface area contributed by atoms with E-state index >= 15 is 4.57 Å². The molecule has 10 rings (SSSR count). The maximum absolute atomic E-state index is 16.6. The zero-order valence-electron chi connectivity index (χ0n) is 25.1. The van der Waals surface area contributed by atoms with Gasteiger partial charge in [0.1, 0.15) is 0 Å². The van der Waals surface area contributed by atoms with Gasteiger partial charge in [-0.25, -0.2) is 0 Å². The molecule has 0 amide bonds. The molecule has 0 bridgehead atoms. The SMILES string of the molecule is O=P(c1ccc(-n2c3ccccc3c3ccccc32)nn1)(n1c2ccccc2c2ccccc21)n1c2ccccc2c2ccccc21. The van der Waals surface area contributed by atoms with E-state index in [4.69, 9.17) is 10.2 Å². The van der Waals surface area contributed by atoms with Crippen LogP contribution in [0.1, 0.15) is 0 Å². The Hall–Kier alpha value is -5.97. The fourth-order valence-electron chi connectivity index (χ4n) is 7.44. The van der Waals surface area contributed by atoms with E-state index in [1.807, 2.05) is 81.5 Å². The Morgan fingerprint density at radius 2 is 0.681 bits per heavy atom. The van der Waals surface area contributed by atoms with E-state index < -0.39 is 7.44 Å². The first kappa shape index (κ1) is 26.3. The molecule has 7 heteroatoms. The molecule has 0 aliphatic carbocycles. The summed E-state index contributed by atoms with van der Waals surface area (Å²) in [5.41, 5.74) is 6.02. The lowest BCUT2D eigenvalue weighted by molar-refractivity contribution is 0.572. The van der Waals surface area contributed by atoms with Gasteiger partial charge < -0.3 is 0 Å². The van der Waals surface area contributed by atoms with Crippen LogP contribution < -0.4 is 5.44 Å². The van der Waals surface area contributed by atoms with Crippen LogP contribution in [-0.2, 0) is 4.57 Å². The number of para-hydroxylation sites is 6. The van der Waals surface area contributed by atoms with Crippen LogP contribution in [0.4, 0.5) is 0 Å². The second-order valence-corrected chi connectivity index (χ2v) is 14.2. The highest BCUT2D eigenvalue weighted by Gasteiger charge is 2.37. The monoisotopic (exact) mass is 623 g/mol. The summed E-state index contributed by atoms with van der Waals surface area (Å²) in [5, 5.41) is 16.2. The van der Waals surface area contributed by atoms with Crippen molar-refractivity contribution in [1.82, 2.24) is 23.4 Å². The minimum atomic E-state index is -3.81. The third-order valence-electron chi connectivity index (χ3n) is 9.40. The van der Waals surface area contributed by atoms with E-state index in [1.54, 1.807) is 0 Å². The Kier molecular flexibility index (Phi) is 5.46. The predicted molar refractivity (Wildman–Crippen MR) is 193 cm³/mol. The maximum atomic E-state index is 16.6. The molecule has 6 aromatic carbocycles. The second kappa shape index (κ2) is 9.76. The predicted octanol–water partition coefficient (Wildman–Crippen LogP) is 9.70. The highest BCUT2D eigenvalue weighted by Crippen LogP contribution is 2.56. The Morgan fingerprint density at radius 3 is 1.02 bits per heavy atom. The van der Waals surface area contributed by atoms with Gasteiger partial charge in [0.15, 0.2) is 11.3 Å². The minimum Gasteiger partial charge on any atom is -0.292 e. The third kappa shape index (κ3) is 3.53. The molecule has 0 spiro atoms. The van der Waals surface area contributed by atoms with Crippen LogP contribution in [0.2, 0.25) is 0 Å². The summed E-state index contributed by atoms with van der Waals surface area (Å²) in [4.78, 5) is 0. The van der Waals surface area contributed by atoms with E-state index in [0.717, 1.165) is 65.4 Å². The second-order valence-electron chi connectivity index (χ2n) is 11.9. The molecule has 0 aliphatic heterocycles. The Morgan fingerprint density at radius 1 is 0.362 bits per heavy atom. The number of benzene rings is 6. The van der Waals surface area contributed by atoms with Crippen molar-refractivity contribution in [3.05, 3.63) is 158 Å². The Bertz CT molecular complexity index is 2620.